The van der Waals surface area contributed by atoms with Crippen molar-refractivity contribution in [3.8, 4) is 0 Å². The molecule has 3 N–H and O–H groups in total. The zero-order valence-electron chi connectivity index (χ0n) is 11.1. The van der Waals surface area contributed by atoms with Crippen molar-refractivity contribution in [3.63, 3.8) is 0 Å². The second kappa shape index (κ2) is 6.17. The summed E-state index contributed by atoms with van der Waals surface area (Å²) >= 11 is 0. The van der Waals surface area contributed by atoms with Gasteiger partial charge in [0.05, 0.1) is 11.4 Å². The molecule has 1 heterocycles. The Labute approximate surface area is 118 Å². The third-order valence-electron chi connectivity index (χ3n) is 3.34. The molecule has 0 spiro atoms. The van der Waals surface area contributed by atoms with Gasteiger partial charge >= 0.3 is 0 Å². The van der Waals surface area contributed by atoms with Gasteiger partial charge in [-0.05, 0) is 37.1 Å². The van der Waals surface area contributed by atoms with Crippen molar-refractivity contribution in [2.75, 3.05) is 19.6 Å². The molecule has 1 saturated heterocycles. The van der Waals surface area contributed by atoms with E-state index in [1.807, 2.05) is 0 Å². The normalized spacial score (nSPS) is 23.7. The van der Waals surface area contributed by atoms with Crippen LogP contribution in [0.5, 0.6) is 0 Å². The van der Waals surface area contributed by atoms with Gasteiger partial charge in [0.2, 0.25) is 10.0 Å². The number of sulfonamides is 1. The molecule has 0 unspecified atom stereocenters. The van der Waals surface area contributed by atoms with Gasteiger partial charge in [-0.3, -0.25) is 0 Å². The smallest absolute Gasteiger partial charge is 0.215 e. The van der Waals surface area contributed by atoms with Crippen LogP contribution < -0.4 is 10.0 Å². The summed E-state index contributed by atoms with van der Waals surface area (Å²) in [5.41, 5.74) is -0.527. The van der Waals surface area contributed by atoms with Gasteiger partial charge in [-0.1, -0.05) is 12.1 Å². The Hall–Kier alpha value is -1.02. The topological polar surface area (TPSA) is 78.4 Å². The lowest BCUT2D eigenvalue weighted by molar-refractivity contribution is 0.0218. The van der Waals surface area contributed by atoms with E-state index in [4.69, 9.17) is 0 Å². The molecule has 1 atom stereocenters. The fourth-order valence-corrected chi connectivity index (χ4v) is 3.42. The Kier molecular flexibility index (Phi) is 4.74. The van der Waals surface area contributed by atoms with E-state index in [9.17, 15) is 17.9 Å². The zero-order valence-corrected chi connectivity index (χ0v) is 11.9. The highest BCUT2D eigenvalue weighted by Crippen LogP contribution is 2.15. The average molecular weight is 302 g/mol. The molecule has 112 valence electrons. The standard InChI is InChI=1S/C13H19FN2O3S/c14-12-4-2-11(3-5-12)8-20(18,19)16-10-13(17)6-1-7-15-9-13/h2-5,15-17H,1,6-10H2/t13-/m1/s1. The van der Waals surface area contributed by atoms with Crippen LogP contribution in [-0.2, 0) is 15.8 Å². The van der Waals surface area contributed by atoms with E-state index >= 15 is 0 Å². The quantitative estimate of drug-likeness (QED) is 0.734. The van der Waals surface area contributed by atoms with Gasteiger partial charge in [0, 0.05) is 13.1 Å². The second-order valence-corrected chi connectivity index (χ2v) is 7.02. The van der Waals surface area contributed by atoms with Crippen LogP contribution in [-0.4, -0.2) is 38.8 Å². The molecule has 1 fully saturated rings. The van der Waals surface area contributed by atoms with Crippen molar-refractivity contribution in [1.29, 1.82) is 0 Å². The molecule has 0 aliphatic carbocycles. The van der Waals surface area contributed by atoms with E-state index in [1.54, 1.807) is 0 Å². The first-order valence-corrected chi connectivity index (χ1v) is 8.19. The minimum absolute atomic E-state index is 0.0104. The first-order chi connectivity index (χ1) is 9.39. The molecule has 5 nitrogen and oxygen atoms in total. The Morgan fingerprint density at radius 2 is 2.05 bits per heavy atom. The molecule has 0 amide bonds. The molecule has 1 aliphatic rings. The number of piperidine rings is 1. The summed E-state index contributed by atoms with van der Waals surface area (Å²) in [6, 6.07) is 5.32. The molecule has 1 aliphatic heterocycles. The number of hydrogen-bond donors (Lipinski definition) is 3. The Balaban J connectivity index is 1.92. The summed E-state index contributed by atoms with van der Waals surface area (Å²) in [6.07, 6.45) is 1.38. The van der Waals surface area contributed by atoms with E-state index in [0.717, 1.165) is 13.0 Å². The maximum atomic E-state index is 12.8. The summed E-state index contributed by atoms with van der Waals surface area (Å²) in [5, 5.41) is 13.2. The fraction of sp³-hybridized carbons (Fsp3) is 0.538. The van der Waals surface area contributed by atoms with Gasteiger partial charge in [0.25, 0.3) is 0 Å². The van der Waals surface area contributed by atoms with Gasteiger partial charge in [0.15, 0.2) is 0 Å². The van der Waals surface area contributed by atoms with Gasteiger partial charge in [-0.15, -0.1) is 0 Å². The van der Waals surface area contributed by atoms with E-state index in [-0.39, 0.29) is 12.3 Å². The van der Waals surface area contributed by atoms with Gasteiger partial charge in [-0.2, -0.15) is 0 Å². The van der Waals surface area contributed by atoms with Crippen molar-refractivity contribution in [2.45, 2.75) is 24.2 Å². The van der Waals surface area contributed by atoms with Crippen LogP contribution in [0, 0.1) is 5.82 Å². The molecule has 0 aromatic heterocycles. The molecule has 1 aromatic carbocycles. The number of β-amino-alcohol motifs (C(OH)–C–C–N with tert-alkyl or cyclic N) is 1. The highest BCUT2D eigenvalue weighted by Gasteiger charge is 2.30. The van der Waals surface area contributed by atoms with Crippen LogP contribution in [0.2, 0.25) is 0 Å². The summed E-state index contributed by atoms with van der Waals surface area (Å²) in [5.74, 6) is -0.627. The first-order valence-electron chi connectivity index (χ1n) is 6.53. The van der Waals surface area contributed by atoms with Crippen molar-refractivity contribution < 1.29 is 17.9 Å². The molecule has 0 radical (unpaired) electrons. The predicted molar refractivity (Wildman–Crippen MR) is 74.1 cm³/mol. The van der Waals surface area contributed by atoms with E-state index in [1.165, 1.54) is 24.3 Å². The molecule has 7 heteroatoms. The Bertz CT molecular complexity index is 539. The summed E-state index contributed by atoms with van der Waals surface area (Å²) in [7, 11) is -3.55. The maximum Gasteiger partial charge on any atom is 0.215 e. The molecule has 2 rings (SSSR count). The lowest BCUT2D eigenvalue weighted by atomic mass is 9.95. The fourth-order valence-electron chi connectivity index (χ4n) is 2.20. The van der Waals surface area contributed by atoms with Crippen LogP contribution in [0.25, 0.3) is 0 Å². The third-order valence-corrected chi connectivity index (χ3v) is 4.64. The molecule has 20 heavy (non-hydrogen) atoms. The van der Waals surface area contributed by atoms with Crippen molar-refractivity contribution >= 4 is 10.0 Å². The number of nitrogens with one attached hydrogen (secondary N) is 2. The van der Waals surface area contributed by atoms with E-state index in [2.05, 4.69) is 10.0 Å². The van der Waals surface area contributed by atoms with E-state index < -0.39 is 21.4 Å². The number of aliphatic hydroxyl groups is 1. The average Bonchev–Trinajstić information content (AvgIpc) is 2.40. The van der Waals surface area contributed by atoms with Gasteiger partial charge < -0.3 is 10.4 Å². The number of benzene rings is 1. The lowest BCUT2D eigenvalue weighted by Gasteiger charge is -2.32. The van der Waals surface area contributed by atoms with Crippen LogP contribution >= 0.6 is 0 Å². The Morgan fingerprint density at radius 3 is 2.65 bits per heavy atom. The maximum absolute atomic E-state index is 12.8. The lowest BCUT2D eigenvalue weighted by Crippen LogP contribution is -2.52. The minimum atomic E-state index is -3.55. The van der Waals surface area contributed by atoms with Crippen molar-refractivity contribution in [1.82, 2.24) is 10.0 Å². The minimum Gasteiger partial charge on any atom is -0.387 e. The number of halogens is 1. The molecule has 0 saturated carbocycles. The second-order valence-electron chi connectivity index (χ2n) is 5.21. The van der Waals surface area contributed by atoms with E-state index in [0.29, 0.717) is 18.5 Å². The van der Waals surface area contributed by atoms with Gasteiger partial charge in [0.1, 0.15) is 5.82 Å². The number of hydrogen-bond acceptors (Lipinski definition) is 4. The molecular formula is C13H19FN2O3S. The van der Waals surface area contributed by atoms with Crippen molar-refractivity contribution in [2.24, 2.45) is 0 Å². The zero-order chi connectivity index (χ0) is 14.6. The molecule has 0 bridgehead atoms. The molecule has 1 aromatic rings. The predicted octanol–water partition coefficient (Wildman–Crippen LogP) is 0.360. The SMILES string of the molecule is O=S(=O)(Cc1ccc(F)cc1)NC[C@@]1(O)CCCNC1. The highest BCUT2D eigenvalue weighted by atomic mass is 32.2. The first kappa shape index (κ1) is 15.4. The Morgan fingerprint density at radius 1 is 1.35 bits per heavy atom. The molecular weight excluding hydrogens is 283 g/mol. The highest BCUT2D eigenvalue weighted by molar-refractivity contribution is 7.88. The summed E-state index contributed by atoms with van der Waals surface area (Å²) in [6.45, 7) is 1.21. The van der Waals surface area contributed by atoms with Crippen LogP contribution in [0.1, 0.15) is 18.4 Å². The third kappa shape index (κ3) is 4.52. The summed E-state index contributed by atoms with van der Waals surface area (Å²) in [4.78, 5) is 0. The monoisotopic (exact) mass is 302 g/mol. The van der Waals surface area contributed by atoms with Crippen LogP contribution in [0.15, 0.2) is 24.3 Å². The van der Waals surface area contributed by atoms with Crippen LogP contribution in [0.3, 0.4) is 0 Å². The number of rotatable bonds is 5. The van der Waals surface area contributed by atoms with Crippen LogP contribution in [0.4, 0.5) is 4.39 Å². The summed E-state index contributed by atoms with van der Waals surface area (Å²) < 4.78 is 39.0. The van der Waals surface area contributed by atoms with Crippen molar-refractivity contribution in [3.05, 3.63) is 35.6 Å². The van der Waals surface area contributed by atoms with Gasteiger partial charge in [-0.25, -0.2) is 17.5 Å². The largest absolute Gasteiger partial charge is 0.387 e.